The zero-order valence-corrected chi connectivity index (χ0v) is 8.46. The lowest BCUT2D eigenvalue weighted by molar-refractivity contribution is -0.0192. The summed E-state index contributed by atoms with van der Waals surface area (Å²) in [7, 11) is 3.40. The molecule has 78 valence electrons. The topological polar surface area (TPSA) is 77.4 Å². The summed E-state index contributed by atoms with van der Waals surface area (Å²) in [6, 6.07) is -0.707. The van der Waals surface area contributed by atoms with Crippen LogP contribution in [0.5, 0.6) is 0 Å². The van der Waals surface area contributed by atoms with Gasteiger partial charge in [-0.2, -0.15) is 9.79 Å². The summed E-state index contributed by atoms with van der Waals surface area (Å²) in [5.74, 6) is 0. The van der Waals surface area contributed by atoms with Crippen LogP contribution in [0.4, 0.5) is 0 Å². The first-order valence-corrected chi connectivity index (χ1v) is 5.68. The van der Waals surface area contributed by atoms with Gasteiger partial charge in [0.1, 0.15) is 14.0 Å². The van der Waals surface area contributed by atoms with Gasteiger partial charge in [-0.15, -0.1) is 9.05 Å². The third kappa shape index (κ3) is 1.81. The Morgan fingerprint density at radius 3 is 2.64 bits per heavy atom. The van der Waals surface area contributed by atoms with Gasteiger partial charge in [0.15, 0.2) is 12.2 Å². The van der Waals surface area contributed by atoms with E-state index >= 15 is 0 Å². The van der Waals surface area contributed by atoms with Crippen LogP contribution in [0, 0.1) is 0 Å². The highest BCUT2D eigenvalue weighted by atomic mass is 31.2. The average molecular weight is 221 g/mol. The molecule has 0 aromatic heterocycles. The van der Waals surface area contributed by atoms with E-state index in [1.165, 1.54) is 7.11 Å². The first-order valence-electron chi connectivity index (χ1n) is 4.15. The summed E-state index contributed by atoms with van der Waals surface area (Å²) in [6.07, 6.45) is -1.60. The van der Waals surface area contributed by atoms with Crippen molar-refractivity contribution in [3.63, 3.8) is 0 Å². The van der Waals surface area contributed by atoms with Gasteiger partial charge in [0, 0.05) is 7.11 Å². The first kappa shape index (κ1) is 10.8. The minimum Gasteiger partial charge on any atom is -0.382 e. The summed E-state index contributed by atoms with van der Waals surface area (Å²) in [4.78, 5) is 18.3. The molecular weight excluding hydrogens is 210 g/mol. The molecule has 8 heteroatoms. The van der Waals surface area contributed by atoms with Crippen molar-refractivity contribution in [2.45, 2.75) is 24.3 Å². The molecule has 2 rings (SSSR count). The number of rotatable bonds is 2. The van der Waals surface area contributed by atoms with E-state index < -0.39 is 32.5 Å². The van der Waals surface area contributed by atoms with Gasteiger partial charge in [0.2, 0.25) is 0 Å². The molecule has 0 amide bonds. The second-order valence-corrected chi connectivity index (χ2v) is 4.63. The minimum absolute atomic E-state index is 0.276. The lowest BCUT2D eigenvalue weighted by Gasteiger charge is -2.13. The van der Waals surface area contributed by atoms with Crippen molar-refractivity contribution >= 4 is 16.0 Å². The maximum atomic E-state index is 9.17. The summed E-state index contributed by atoms with van der Waals surface area (Å²) in [5.41, 5.74) is 0. The molecular formula is C6H11BO6P+. The van der Waals surface area contributed by atoms with Crippen LogP contribution in [0.15, 0.2) is 0 Å². The molecule has 2 fully saturated rings. The van der Waals surface area contributed by atoms with Crippen LogP contribution >= 0.6 is 8.17 Å². The van der Waals surface area contributed by atoms with Gasteiger partial charge in [-0.25, -0.2) is 0 Å². The Hall–Kier alpha value is 0.255. The molecule has 0 aromatic carbocycles. The zero-order valence-electron chi connectivity index (χ0n) is 7.57. The van der Waals surface area contributed by atoms with E-state index in [9.17, 15) is 9.79 Å². The van der Waals surface area contributed by atoms with E-state index in [-0.39, 0.29) is 6.61 Å². The molecule has 0 saturated carbocycles. The van der Waals surface area contributed by atoms with Crippen LogP contribution in [0.25, 0.3) is 0 Å². The Labute approximate surface area is 83.2 Å². The summed E-state index contributed by atoms with van der Waals surface area (Å²) in [6.45, 7) is 0.276. The first-order chi connectivity index (χ1) is 6.53. The van der Waals surface area contributed by atoms with Crippen molar-refractivity contribution in [1.82, 2.24) is 0 Å². The summed E-state index contributed by atoms with van der Waals surface area (Å²) in [5, 5.41) is 0. The molecule has 2 saturated heterocycles. The molecule has 0 aliphatic carbocycles. The smallest absolute Gasteiger partial charge is 0.382 e. The van der Waals surface area contributed by atoms with E-state index in [4.69, 9.17) is 26.4 Å². The predicted octanol–water partition coefficient (Wildman–Crippen LogP) is -1.03. The van der Waals surface area contributed by atoms with Crippen molar-refractivity contribution < 1.29 is 28.3 Å². The van der Waals surface area contributed by atoms with Crippen molar-refractivity contribution in [1.29, 1.82) is 0 Å². The number of methoxy groups -OCH3 is 1. The lowest BCUT2D eigenvalue weighted by Crippen LogP contribution is -2.31. The molecule has 14 heavy (non-hydrogen) atoms. The molecule has 0 spiro atoms. The van der Waals surface area contributed by atoms with Crippen molar-refractivity contribution in [2.24, 2.45) is 0 Å². The quantitative estimate of drug-likeness (QED) is 0.458. The standard InChI is InChI=1S/C6H11BO6P/c1-10-2-3-4-5(6(7)11-3)13-14(8,9)12-4/h3-6,8-9H,2H2,1H3/q+1/t3-,4+,5?,6-/m1/s1. The molecule has 0 bridgehead atoms. The molecule has 0 aromatic rings. The number of hydrogen-bond donors (Lipinski definition) is 2. The van der Waals surface area contributed by atoms with Crippen molar-refractivity contribution in [3.8, 4) is 0 Å². The van der Waals surface area contributed by atoms with Crippen LogP contribution in [0.3, 0.4) is 0 Å². The van der Waals surface area contributed by atoms with Crippen LogP contribution in [0.2, 0.25) is 0 Å². The Bertz CT molecular complexity index is 226. The molecule has 4 atom stereocenters. The van der Waals surface area contributed by atoms with Crippen molar-refractivity contribution in [3.05, 3.63) is 0 Å². The molecule has 1 unspecified atom stereocenters. The Balaban J connectivity index is 2.07. The zero-order chi connectivity index (χ0) is 10.3. The molecule has 2 heterocycles. The minimum atomic E-state index is -3.68. The maximum Gasteiger partial charge on any atom is 0.570 e. The summed E-state index contributed by atoms with van der Waals surface area (Å²) < 4.78 is 19.9. The second kappa shape index (κ2) is 3.68. The van der Waals surface area contributed by atoms with Gasteiger partial charge in [-0.1, -0.05) is 0 Å². The number of fused-ring (bicyclic) bond motifs is 1. The molecule has 6 nitrogen and oxygen atoms in total. The fourth-order valence-electron chi connectivity index (χ4n) is 1.64. The highest BCUT2D eigenvalue weighted by Crippen LogP contribution is 2.62. The monoisotopic (exact) mass is 221 g/mol. The summed E-state index contributed by atoms with van der Waals surface area (Å²) >= 11 is 0. The maximum absolute atomic E-state index is 9.17. The van der Waals surface area contributed by atoms with Gasteiger partial charge in [-0.05, 0) is 0 Å². The van der Waals surface area contributed by atoms with Gasteiger partial charge < -0.3 is 9.47 Å². The Kier molecular flexibility index (Phi) is 2.83. The lowest BCUT2D eigenvalue weighted by atomic mass is 9.93. The SMILES string of the molecule is [B][C@@H]1O[C@H](COC)[C@@H]2O[P+](O)(O)OC12. The Morgan fingerprint density at radius 2 is 2.00 bits per heavy atom. The van der Waals surface area contributed by atoms with Crippen LogP contribution in [-0.2, 0) is 18.5 Å². The van der Waals surface area contributed by atoms with Crippen LogP contribution in [-0.4, -0.2) is 55.7 Å². The highest BCUT2D eigenvalue weighted by molar-refractivity contribution is 7.54. The number of ether oxygens (including phenoxy) is 2. The van der Waals surface area contributed by atoms with Crippen LogP contribution < -0.4 is 0 Å². The van der Waals surface area contributed by atoms with Crippen molar-refractivity contribution in [2.75, 3.05) is 13.7 Å². The highest BCUT2D eigenvalue weighted by Gasteiger charge is 2.64. The Morgan fingerprint density at radius 1 is 1.36 bits per heavy atom. The largest absolute Gasteiger partial charge is 0.570 e. The second-order valence-electron chi connectivity index (χ2n) is 3.23. The predicted molar refractivity (Wildman–Crippen MR) is 47.4 cm³/mol. The third-order valence-corrected chi connectivity index (χ3v) is 3.23. The molecule has 2 N–H and O–H groups in total. The van der Waals surface area contributed by atoms with E-state index in [0.717, 1.165) is 0 Å². The van der Waals surface area contributed by atoms with Gasteiger partial charge >= 0.3 is 8.17 Å². The van der Waals surface area contributed by atoms with Gasteiger partial charge in [-0.3, -0.25) is 0 Å². The van der Waals surface area contributed by atoms with E-state index in [1.54, 1.807) is 0 Å². The van der Waals surface area contributed by atoms with E-state index in [1.807, 2.05) is 0 Å². The average Bonchev–Trinajstić information content (AvgIpc) is 2.51. The fraction of sp³-hybridized carbons (Fsp3) is 1.00. The van der Waals surface area contributed by atoms with E-state index in [0.29, 0.717) is 0 Å². The van der Waals surface area contributed by atoms with E-state index in [2.05, 4.69) is 0 Å². The molecule has 2 radical (unpaired) electrons. The number of hydrogen-bond acceptors (Lipinski definition) is 6. The molecule has 2 aliphatic heterocycles. The van der Waals surface area contributed by atoms with Gasteiger partial charge in [0.05, 0.1) is 12.6 Å². The van der Waals surface area contributed by atoms with Crippen LogP contribution in [0.1, 0.15) is 0 Å². The third-order valence-electron chi connectivity index (χ3n) is 2.19. The van der Waals surface area contributed by atoms with Gasteiger partial charge in [0.25, 0.3) is 0 Å². The fourth-order valence-corrected chi connectivity index (χ4v) is 2.82. The normalized spacial score (nSPS) is 45.4. The molecule has 2 aliphatic rings.